The van der Waals surface area contributed by atoms with Crippen molar-refractivity contribution in [3.63, 3.8) is 0 Å². The minimum Gasteiger partial charge on any atom is -0.469 e. The molecule has 2 nitrogen and oxygen atoms in total. The van der Waals surface area contributed by atoms with Gasteiger partial charge in [0.2, 0.25) is 0 Å². The fourth-order valence-corrected chi connectivity index (χ4v) is 3.10. The first kappa shape index (κ1) is 10.6. The Morgan fingerprint density at radius 3 is 2.82 bits per heavy atom. The van der Waals surface area contributed by atoms with Crippen LogP contribution in [0, 0.1) is 6.92 Å². The van der Waals surface area contributed by atoms with Crippen LogP contribution in [0.4, 0.5) is 0 Å². The number of furan rings is 1. The highest BCUT2D eigenvalue weighted by molar-refractivity contribution is 7.17. The van der Waals surface area contributed by atoms with Crippen molar-refractivity contribution >= 4 is 21.4 Å². The molecule has 0 saturated carbocycles. The quantitative estimate of drug-likeness (QED) is 0.742. The number of hydrogen-bond acceptors (Lipinski definition) is 3. The topological polar surface area (TPSA) is 39.2 Å². The fraction of sp³-hybridized carbons (Fsp3) is 0.143. The van der Waals surface area contributed by atoms with Gasteiger partial charge in [0.1, 0.15) is 5.76 Å². The molecule has 0 aliphatic heterocycles. The summed E-state index contributed by atoms with van der Waals surface area (Å²) < 4.78 is 6.59. The molecule has 0 spiro atoms. The largest absolute Gasteiger partial charge is 0.469 e. The van der Waals surface area contributed by atoms with E-state index in [9.17, 15) is 0 Å². The van der Waals surface area contributed by atoms with Gasteiger partial charge >= 0.3 is 0 Å². The van der Waals surface area contributed by atoms with E-state index in [1.54, 1.807) is 17.6 Å². The van der Waals surface area contributed by atoms with Gasteiger partial charge in [0.25, 0.3) is 0 Å². The average molecular weight is 243 g/mol. The van der Waals surface area contributed by atoms with Crippen LogP contribution in [0.25, 0.3) is 10.1 Å². The molecule has 86 valence electrons. The van der Waals surface area contributed by atoms with Gasteiger partial charge in [-0.25, -0.2) is 0 Å². The lowest BCUT2D eigenvalue weighted by atomic mass is 9.99. The van der Waals surface area contributed by atoms with E-state index in [1.165, 1.54) is 15.6 Å². The van der Waals surface area contributed by atoms with Crippen LogP contribution < -0.4 is 5.73 Å². The Hall–Kier alpha value is -1.58. The Kier molecular flexibility index (Phi) is 2.50. The van der Waals surface area contributed by atoms with Crippen molar-refractivity contribution in [1.29, 1.82) is 0 Å². The summed E-state index contributed by atoms with van der Waals surface area (Å²) in [6.45, 7) is 1.95. The van der Waals surface area contributed by atoms with Gasteiger partial charge in [-0.3, -0.25) is 0 Å². The van der Waals surface area contributed by atoms with E-state index in [0.717, 1.165) is 11.3 Å². The smallest absolute Gasteiger partial charge is 0.105 e. The minimum absolute atomic E-state index is 0.115. The lowest BCUT2D eigenvalue weighted by Crippen LogP contribution is -2.12. The average Bonchev–Trinajstić information content (AvgIpc) is 2.95. The van der Waals surface area contributed by atoms with Gasteiger partial charge in [-0.05, 0) is 35.4 Å². The van der Waals surface area contributed by atoms with Crippen molar-refractivity contribution < 1.29 is 4.42 Å². The summed E-state index contributed by atoms with van der Waals surface area (Å²) in [7, 11) is 0. The summed E-state index contributed by atoms with van der Waals surface area (Å²) >= 11 is 1.73. The van der Waals surface area contributed by atoms with E-state index in [1.807, 2.05) is 13.0 Å². The maximum absolute atomic E-state index is 6.33. The highest BCUT2D eigenvalue weighted by Gasteiger charge is 2.16. The summed E-state index contributed by atoms with van der Waals surface area (Å²) in [5.74, 6) is 0.894. The summed E-state index contributed by atoms with van der Waals surface area (Å²) in [4.78, 5) is 0. The van der Waals surface area contributed by atoms with Crippen LogP contribution in [0.5, 0.6) is 0 Å². The highest BCUT2D eigenvalue weighted by atomic mass is 32.1. The molecule has 2 aromatic heterocycles. The normalized spacial score (nSPS) is 13.1. The third kappa shape index (κ3) is 1.68. The van der Waals surface area contributed by atoms with E-state index < -0.39 is 0 Å². The van der Waals surface area contributed by atoms with Gasteiger partial charge in [0, 0.05) is 10.3 Å². The van der Waals surface area contributed by atoms with Crippen molar-refractivity contribution in [2.45, 2.75) is 13.0 Å². The van der Waals surface area contributed by atoms with Crippen LogP contribution >= 0.6 is 11.3 Å². The second kappa shape index (κ2) is 4.02. The molecule has 3 aromatic rings. The number of thiophene rings is 1. The number of hydrogen-bond donors (Lipinski definition) is 1. The third-order valence-electron chi connectivity index (χ3n) is 3.08. The third-order valence-corrected chi connectivity index (χ3v) is 4.06. The van der Waals surface area contributed by atoms with E-state index in [2.05, 4.69) is 29.6 Å². The van der Waals surface area contributed by atoms with Crippen LogP contribution in [0.3, 0.4) is 0 Å². The first-order valence-corrected chi connectivity index (χ1v) is 6.41. The zero-order chi connectivity index (χ0) is 11.8. The summed E-state index contributed by atoms with van der Waals surface area (Å²) in [5, 5.41) is 3.35. The van der Waals surface area contributed by atoms with E-state index >= 15 is 0 Å². The first-order chi connectivity index (χ1) is 8.27. The lowest BCUT2D eigenvalue weighted by Gasteiger charge is -2.12. The predicted molar refractivity (Wildman–Crippen MR) is 71.3 cm³/mol. The molecule has 17 heavy (non-hydrogen) atoms. The number of benzene rings is 1. The SMILES string of the molecule is Cc1occc1C(N)c1cccc2ccsc12. The maximum Gasteiger partial charge on any atom is 0.105 e. The molecule has 3 heteroatoms. The second-order valence-electron chi connectivity index (χ2n) is 4.10. The molecular formula is C14H13NOS. The van der Waals surface area contributed by atoms with E-state index in [-0.39, 0.29) is 6.04 Å². The number of rotatable bonds is 2. The molecule has 0 aliphatic carbocycles. The molecule has 0 fully saturated rings. The monoisotopic (exact) mass is 243 g/mol. The standard InChI is InChI=1S/C14H13NOS/c1-9-11(5-7-16-9)13(15)12-4-2-3-10-6-8-17-14(10)12/h2-8,13H,15H2,1H3. The first-order valence-electron chi connectivity index (χ1n) is 5.53. The van der Waals surface area contributed by atoms with Crippen molar-refractivity contribution in [2.24, 2.45) is 5.73 Å². The van der Waals surface area contributed by atoms with Gasteiger partial charge < -0.3 is 10.2 Å². The van der Waals surface area contributed by atoms with Crippen LogP contribution in [0.15, 0.2) is 46.4 Å². The van der Waals surface area contributed by atoms with Gasteiger partial charge in [-0.1, -0.05) is 18.2 Å². The van der Waals surface area contributed by atoms with Crippen LogP contribution in [-0.4, -0.2) is 0 Å². The Labute approximate surface area is 104 Å². The molecule has 2 heterocycles. The molecule has 1 atom stereocenters. The molecule has 0 aliphatic rings. The number of aryl methyl sites for hydroxylation is 1. The zero-order valence-corrected chi connectivity index (χ0v) is 10.3. The molecule has 2 N–H and O–H groups in total. The predicted octanol–water partition coefficient (Wildman–Crippen LogP) is 3.85. The Balaban J connectivity index is 2.15. The van der Waals surface area contributed by atoms with Gasteiger partial charge in [-0.2, -0.15) is 0 Å². The van der Waals surface area contributed by atoms with Crippen LogP contribution in [0.2, 0.25) is 0 Å². The van der Waals surface area contributed by atoms with Crippen molar-refractivity contribution in [1.82, 2.24) is 0 Å². The van der Waals surface area contributed by atoms with Crippen molar-refractivity contribution in [3.8, 4) is 0 Å². The highest BCUT2D eigenvalue weighted by Crippen LogP contribution is 2.32. The van der Waals surface area contributed by atoms with E-state index in [4.69, 9.17) is 10.2 Å². The Morgan fingerprint density at radius 2 is 2.06 bits per heavy atom. The number of nitrogens with two attached hydrogens (primary N) is 1. The van der Waals surface area contributed by atoms with Gasteiger partial charge in [-0.15, -0.1) is 11.3 Å². The zero-order valence-electron chi connectivity index (χ0n) is 9.51. The lowest BCUT2D eigenvalue weighted by molar-refractivity contribution is 0.528. The van der Waals surface area contributed by atoms with E-state index in [0.29, 0.717) is 0 Å². The Morgan fingerprint density at radius 1 is 1.18 bits per heavy atom. The molecular weight excluding hydrogens is 230 g/mol. The van der Waals surface area contributed by atoms with Gasteiger partial charge in [0.05, 0.1) is 12.3 Å². The second-order valence-corrected chi connectivity index (χ2v) is 5.01. The summed E-state index contributed by atoms with van der Waals surface area (Å²) in [6, 6.07) is 10.2. The van der Waals surface area contributed by atoms with Gasteiger partial charge in [0.15, 0.2) is 0 Å². The number of fused-ring (bicyclic) bond motifs is 1. The van der Waals surface area contributed by atoms with Crippen molar-refractivity contribution in [3.05, 3.63) is 58.9 Å². The molecule has 0 amide bonds. The maximum atomic E-state index is 6.33. The van der Waals surface area contributed by atoms with Crippen LogP contribution in [-0.2, 0) is 0 Å². The molecule has 0 saturated heterocycles. The molecule has 3 rings (SSSR count). The fourth-order valence-electron chi connectivity index (χ4n) is 2.15. The molecule has 0 radical (unpaired) electrons. The summed E-state index contributed by atoms with van der Waals surface area (Å²) in [6.07, 6.45) is 1.69. The van der Waals surface area contributed by atoms with Crippen LogP contribution in [0.1, 0.15) is 22.9 Å². The molecule has 1 aromatic carbocycles. The Bertz CT molecular complexity index is 653. The summed E-state index contributed by atoms with van der Waals surface area (Å²) in [5.41, 5.74) is 8.56. The minimum atomic E-state index is -0.115. The molecule has 1 unspecified atom stereocenters. The van der Waals surface area contributed by atoms with Crippen molar-refractivity contribution in [2.75, 3.05) is 0 Å². The molecule has 0 bridgehead atoms.